The fraction of sp³-hybridized carbons (Fsp3) is 0. The molecule has 0 bridgehead atoms. The highest BCUT2D eigenvalue weighted by atomic mass is 35.5. The van der Waals surface area contributed by atoms with Crippen LogP contribution in [-0.2, 0) is 0 Å². The van der Waals surface area contributed by atoms with Crippen molar-refractivity contribution in [1.82, 2.24) is 10.1 Å². The largest absolute Gasteiger partial charge is 0.504 e. The Labute approximate surface area is 145 Å². The highest BCUT2D eigenvalue weighted by Crippen LogP contribution is 2.35. The van der Waals surface area contributed by atoms with Gasteiger partial charge in [-0.25, -0.2) is 4.39 Å². The van der Waals surface area contributed by atoms with E-state index in [2.05, 4.69) is 10.1 Å². The number of halogens is 3. The van der Waals surface area contributed by atoms with Crippen molar-refractivity contribution in [1.29, 1.82) is 0 Å². The molecule has 24 heavy (non-hydrogen) atoms. The highest BCUT2D eigenvalue weighted by molar-refractivity contribution is 6.50. The number of nitrogens with zero attached hydrogens (tertiary/aromatic N) is 2. The van der Waals surface area contributed by atoms with Gasteiger partial charge in [0, 0.05) is 5.56 Å². The van der Waals surface area contributed by atoms with Crippen molar-refractivity contribution in [2.45, 2.75) is 0 Å². The summed E-state index contributed by atoms with van der Waals surface area (Å²) in [7, 11) is 0. The Hall–Kier alpha value is -2.57. The molecule has 3 aromatic rings. The molecule has 2 N–H and O–H groups in total. The van der Waals surface area contributed by atoms with E-state index >= 15 is 0 Å². The van der Waals surface area contributed by atoms with Crippen molar-refractivity contribution in [3.05, 3.63) is 58.7 Å². The molecule has 0 unspecified atom stereocenters. The van der Waals surface area contributed by atoms with E-state index in [-0.39, 0.29) is 33.3 Å². The monoisotopic (exact) mass is 366 g/mol. The molecule has 2 aromatic carbocycles. The first-order valence-electron chi connectivity index (χ1n) is 6.63. The first kappa shape index (κ1) is 16.3. The predicted octanol–water partition coefficient (Wildman–Crippen LogP) is 4.68. The molecule has 0 fully saturated rings. The van der Waals surface area contributed by atoms with Crippen LogP contribution in [0.4, 0.5) is 4.39 Å². The number of aromatic nitrogens is 2. The molecule has 0 amide bonds. The van der Waals surface area contributed by atoms with Crippen LogP contribution in [0.5, 0.6) is 11.5 Å². The number of phenolic OH excluding ortho intramolecular Hbond substituents is 2. The van der Waals surface area contributed by atoms with Gasteiger partial charge in [-0.2, -0.15) is 4.98 Å². The van der Waals surface area contributed by atoms with Crippen molar-refractivity contribution in [3.8, 4) is 22.9 Å². The fourth-order valence-corrected chi connectivity index (χ4v) is 2.36. The van der Waals surface area contributed by atoms with Gasteiger partial charge in [-0.15, -0.1) is 0 Å². The topological polar surface area (TPSA) is 79.4 Å². The van der Waals surface area contributed by atoms with Crippen molar-refractivity contribution < 1.29 is 19.1 Å². The zero-order valence-electron chi connectivity index (χ0n) is 11.9. The molecule has 5 nitrogen and oxygen atoms in total. The number of hydrogen-bond acceptors (Lipinski definition) is 5. The number of hydrogen-bond donors (Lipinski definition) is 2. The second-order valence-electron chi connectivity index (χ2n) is 4.79. The lowest BCUT2D eigenvalue weighted by Gasteiger charge is -2.02. The van der Waals surface area contributed by atoms with Crippen LogP contribution in [0.1, 0.15) is 11.5 Å². The van der Waals surface area contributed by atoms with E-state index < -0.39 is 5.75 Å². The summed E-state index contributed by atoms with van der Waals surface area (Å²) in [6.45, 7) is 0. The Balaban J connectivity index is 1.90. The Kier molecular flexibility index (Phi) is 4.42. The summed E-state index contributed by atoms with van der Waals surface area (Å²) in [4.78, 5) is 4.12. The van der Waals surface area contributed by atoms with Crippen molar-refractivity contribution >= 4 is 34.3 Å². The lowest BCUT2D eigenvalue weighted by molar-refractivity contribution is 0.404. The van der Waals surface area contributed by atoms with E-state index in [1.165, 1.54) is 42.5 Å². The number of benzene rings is 2. The lowest BCUT2D eigenvalue weighted by atomic mass is 10.2. The maximum absolute atomic E-state index is 12.9. The first-order chi connectivity index (χ1) is 11.4. The Morgan fingerprint density at radius 1 is 1.17 bits per heavy atom. The molecule has 0 aliphatic carbocycles. The van der Waals surface area contributed by atoms with Crippen LogP contribution in [0, 0.1) is 5.82 Å². The van der Waals surface area contributed by atoms with Gasteiger partial charge in [-0.1, -0.05) is 28.4 Å². The molecule has 0 radical (unpaired) electrons. The number of aromatic hydroxyl groups is 2. The minimum Gasteiger partial charge on any atom is -0.504 e. The van der Waals surface area contributed by atoms with Crippen LogP contribution in [-0.4, -0.2) is 20.4 Å². The summed E-state index contributed by atoms with van der Waals surface area (Å²) < 4.78 is 18.0. The van der Waals surface area contributed by atoms with Crippen LogP contribution in [0.2, 0.25) is 5.02 Å². The zero-order chi connectivity index (χ0) is 17.3. The number of phenols is 2. The minimum absolute atomic E-state index is 0.0248. The molecule has 0 saturated carbocycles. The van der Waals surface area contributed by atoms with Gasteiger partial charge >= 0.3 is 0 Å². The molecule has 1 heterocycles. The summed E-state index contributed by atoms with van der Waals surface area (Å²) in [5.41, 5.74) is 1.00. The molecule has 0 spiro atoms. The van der Waals surface area contributed by atoms with Crippen LogP contribution < -0.4 is 0 Å². The van der Waals surface area contributed by atoms with E-state index in [0.29, 0.717) is 11.1 Å². The summed E-state index contributed by atoms with van der Waals surface area (Å²) in [5, 5.41) is 22.8. The second-order valence-corrected chi connectivity index (χ2v) is 5.61. The van der Waals surface area contributed by atoms with E-state index in [9.17, 15) is 14.6 Å². The third kappa shape index (κ3) is 3.34. The molecule has 0 saturated heterocycles. The van der Waals surface area contributed by atoms with E-state index in [1.54, 1.807) is 0 Å². The molecular weight excluding hydrogens is 358 g/mol. The van der Waals surface area contributed by atoms with Crippen LogP contribution >= 0.6 is 23.2 Å². The third-order valence-corrected chi connectivity index (χ3v) is 3.65. The summed E-state index contributed by atoms with van der Waals surface area (Å²) in [5.74, 6) is -0.871. The van der Waals surface area contributed by atoms with Crippen molar-refractivity contribution in [3.63, 3.8) is 0 Å². The van der Waals surface area contributed by atoms with E-state index in [1.807, 2.05) is 0 Å². The molecule has 122 valence electrons. The maximum Gasteiger partial charge on any atom is 0.269 e. The summed E-state index contributed by atoms with van der Waals surface area (Å²) in [6.07, 6.45) is 1.44. The average molecular weight is 367 g/mol. The van der Waals surface area contributed by atoms with Crippen LogP contribution in [0.15, 0.2) is 40.9 Å². The average Bonchev–Trinajstić information content (AvgIpc) is 3.03. The summed E-state index contributed by atoms with van der Waals surface area (Å²) in [6, 6.07) is 8.28. The molecular formula is C16H9Cl2FN2O3. The molecule has 0 atom stereocenters. The van der Waals surface area contributed by atoms with Gasteiger partial charge in [0.2, 0.25) is 5.82 Å². The smallest absolute Gasteiger partial charge is 0.269 e. The van der Waals surface area contributed by atoms with Crippen molar-refractivity contribution in [2.75, 3.05) is 0 Å². The minimum atomic E-state index is -0.415. The van der Waals surface area contributed by atoms with Gasteiger partial charge in [0.1, 0.15) is 10.8 Å². The Morgan fingerprint density at radius 3 is 2.54 bits per heavy atom. The predicted molar refractivity (Wildman–Crippen MR) is 88.2 cm³/mol. The number of rotatable bonds is 3. The van der Waals surface area contributed by atoms with Gasteiger partial charge < -0.3 is 14.7 Å². The van der Waals surface area contributed by atoms with Gasteiger partial charge in [0.15, 0.2) is 11.5 Å². The lowest BCUT2D eigenvalue weighted by Crippen LogP contribution is -1.83. The summed E-state index contributed by atoms with van der Waals surface area (Å²) >= 11 is 11.9. The van der Waals surface area contributed by atoms with Gasteiger partial charge in [-0.05, 0) is 48.0 Å². The quantitative estimate of drug-likeness (QED) is 0.658. The molecule has 8 heteroatoms. The SMILES string of the molecule is Oc1cc(/C=C(\Cl)c2nc(-c3ccc(F)cc3)no2)cc(Cl)c1O. The molecule has 3 rings (SSSR count). The zero-order valence-corrected chi connectivity index (χ0v) is 13.4. The maximum atomic E-state index is 12.9. The normalized spacial score (nSPS) is 11.7. The first-order valence-corrected chi connectivity index (χ1v) is 7.38. The fourth-order valence-electron chi connectivity index (χ4n) is 1.93. The molecule has 0 aliphatic heterocycles. The van der Waals surface area contributed by atoms with Gasteiger partial charge in [-0.3, -0.25) is 0 Å². The molecule has 1 aromatic heterocycles. The van der Waals surface area contributed by atoms with E-state index in [0.717, 1.165) is 0 Å². The highest BCUT2D eigenvalue weighted by Gasteiger charge is 2.13. The molecule has 0 aliphatic rings. The Bertz CT molecular complexity index is 900. The standard InChI is InChI=1S/C16H9Cl2FN2O3/c17-11-5-8(7-13(22)14(11)23)6-12(18)16-20-15(21-24-16)9-1-3-10(19)4-2-9/h1-7,22-23H/b12-6-. The Morgan fingerprint density at radius 2 is 1.88 bits per heavy atom. The third-order valence-electron chi connectivity index (χ3n) is 3.09. The van der Waals surface area contributed by atoms with Gasteiger partial charge in [0.05, 0.1) is 5.02 Å². The van der Waals surface area contributed by atoms with Crippen LogP contribution in [0.3, 0.4) is 0 Å². The van der Waals surface area contributed by atoms with E-state index in [4.69, 9.17) is 27.7 Å². The van der Waals surface area contributed by atoms with Gasteiger partial charge in [0.25, 0.3) is 5.89 Å². The van der Waals surface area contributed by atoms with Crippen LogP contribution in [0.25, 0.3) is 22.5 Å². The second kappa shape index (κ2) is 6.51. The van der Waals surface area contributed by atoms with Crippen molar-refractivity contribution in [2.24, 2.45) is 0 Å².